The molecule has 218 valence electrons. The molecule has 10 N–H and O–H groups in total. The van der Waals surface area contributed by atoms with Crippen molar-refractivity contribution in [2.24, 2.45) is 0 Å². The molecule has 0 unspecified atom stereocenters. The van der Waals surface area contributed by atoms with Gasteiger partial charge in [-0.2, -0.15) is 0 Å². The molecule has 0 radical (unpaired) electrons. The minimum absolute atomic E-state index is 0.0481. The number of phenolic OH excluding ortho intramolecular Hbond substituents is 4. The van der Waals surface area contributed by atoms with Crippen LogP contribution in [0.25, 0.3) is 22.3 Å². The number of nitrogens with two attached hydrogens (primary N) is 2. The number of carbonyl (C=O) groups is 2. The summed E-state index contributed by atoms with van der Waals surface area (Å²) in [5.41, 5.74) is 15.1. The molecule has 0 aromatic heterocycles. The number of aromatic hydroxyl groups is 4. The van der Waals surface area contributed by atoms with Gasteiger partial charge in [0.1, 0.15) is 23.0 Å². The zero-order valence-electron chi connectivity index (χ0n) is 22.9. The lowest BCUT2D eigenvalue weighted by Crippen LogP contribution is -2.12. The Morgan fingerprint density at radius 2 is 0.833 bits per heavy atom. The van der Waals surface area contributed by atoms with E-state index in [0.29, 0.717) is 46.5 Å². The average molecular weight is 571 g/mol. The summed E-state index contributed by atoms with van der Waals surface area (Å²) in [4.78, 5) is 24.7. The normalized spacial score (nSPS) is 10.8. The van der Waals surface area contributed by atoms with Gasteiger partial charge in [0.25, 0.3) is 0 Å². The van der Waals surface area contributed by atoms with Gasteiger partial charge in [-0.3, -0.25) is 9.59 Å². The number of nitrogens with one attached hydrogen (secondary N) is 2. The van der Waals surface area contributed by atoms with E-state index in [2.05, 4.69) is 10.6 Å². The third-order valence-corrected chi connectivity index (χ3v) is 6.83. The first-order valence-corrected chi connectivity index (χ1v) is 13.5. The first-order valence-electron chi connectivity index (χ1n) is 13.5. The Hall–Kier alpha value is -5.38. The summed E-state index contributed by atoms with van der Waals surface area (Å²) >= 11 is 0. The van der Waals surface area contributed by atoms with Crippen molar-refractivity contribution < 1.29 is 30.0 Å². The maximum Gasteiger partial charge on any atom is 0.224 e. The second-order valence-electron chi connectivity index (χ2n) is 10.0. The van der Waals surface area contributed by atoms with Crippen LogP contribution >= 0.6 is 0 Å². The maximum atomic E-state index is 12.3. The summed E-state index contributed by atoms with van der Waals surface area (Å²) in [5, 5.41) is 45.7. The lowest BCUT2D eigenvalue weighted by Gasteiger charge is -2.11. The highest BCUT2D eigenvalue weighted by Crippen LogP contribution is 2.34. The summed E-state index contributed by atoms with van der Waals surface area (Å²) in [6, 6.07) is 19.3. The Labute approximate surface area is 243 Å². The molecule has 0 aliphatic rings. The van der Waals surface area contributed by atoms with Crippen LogP contribution < -0.4 is 22.1 Å². The summed E-state index contributed by atoms with van der Waals surface area (Å²) in [5.74, 6) is -0.730. The van der Waals surface area contributed by atoms with Crippen LogP contribution in [0.5, 0.6) is 23.0 Å². The van der Waals surface area contributed by atoms with E-state index in [9.17, 15) is 30.0 Å². The van der Waals surface area contributed by atoms with E-state index in [0.717, 1.165) is 12.8 Å². The lowest BCUT2D eigenvalue weighted by molar-refractivity contribution is -0.117. The Morgan fingerprint density at radius 1 is 0.500 bits per heavy atom. The second kappa shape index (κ2) is 13.3. The van der Waals surface area contributed by atoms with Crippen LogP contribution in [-0.4, -0.2) is 32.2 Å². The number of hydrogen-bond acceptors (Lipinski definition) is 8. The Kier molecular flexibility index (Phi) is 9.39. The molecule has 0 saturated carbocycles. The second-order valence-corrected chi connectivity index (χ2v) is 10.0. The molecule has 0 spiro atoms. The quantitative estimate of drug-likeness (QED) is 0.0618. The molecule has 0 aliphatic heterocycles. The molecule has 0 aliphatic carbocycles. The summed E-state index contributed by atoms with van der Waals surface area (Å²) < 4.78 is 0. The van der Waals surface area contributed by atoms with Crippen molar-refractivity contribution in [2.75, 3.05) is 22.1 Å². The molecule has 2 amide bonds. The van der Waals surface area contributed by atoms with Gasteiger partial charge in [0.2, 0.25) is 11.8 Å². The highest BCUT2D eigenvalue weighted by atomic mass is 16.3. The highest BCUT2D eigenvalue weighted by Gasteiger charge is 2.11. The number of anilines is 4. The lowest BCUT2D eigenvalue weighted by atomic mass is 10.0. The zero-order chi connectivity index (χ0) is 30.2. The molecule has 4 aromatic carbocycles. The van der Waals surface area contributed by atoms with Crippen molar-refractivity contribution >= 4 is 34.6 Å². The van der Waals surface area contributed by atoms with Gasteiger partial charge in [-0.05, 0) is 83.6 Å². The minimum Gasteiger partial charge on any atom is -0.506 e. The van der Waals surface area contributed by atoms with Crippen molar-refractivity contribution in [1.29, 1.82) is 0 Å². The molecule has 0 heterocycles. The predicted molar refractivity (Wildman–Crippen MR) is 164 cm³/mol. The monoisotopic (exact) mass is 570 g/mol. The van der Waals surface area contributed by atoms with Gasteiger partial charge in [-0.15, -0.1) is 0 Å². The number of unbranched alkanes of at least 4 members (excludes halogenated alkanes) is 3. The topological polar surface area (TPSA) is 191 Å². The summed E-state index contributed by atoms with van der Waals surface area (Å²) in [6.07, 6.45) is 3.29. The predicted octanol–water partition coefficient (Wildman–Crippen LogP) is 5.93. The van der Waals surface area contributed by atoms with E-state index in [4.69, 9.17) is 11.5 Å². The third-order valence-electron chi connectivity index (χ3n) is 6.83. The first kappa shape index (κ1) is 29.6. The van der Waals surface area contributed by atoms with Crippen molar-refractivity contribution in [3.63, 3.8) is 0 Å². The zero-order valence-corrected chi connectivity index (χ0v) is 22.9. The number of benzene rings is 4. The van der Waals surface area contributed by atoms with Crippen molar-refractivity contribution in [3.8, 4) is 45.3 Å². The third kappa shape index (κ3) is 7.63. The molecule has 42 heavy (non-hydrogen) atoms. The average Bonchev–Trinajstić information content (AvgIpc) is 2.95. The van der Waals surface area contributed by atoms with Crippen molar-refractivity contribution in [2.45, 2.75) is 38.5 Å². The van der Waals surface area contributed by atoms with Crippen LogP contribution in [0.3, 0.4) is 0 Å². The van der Waals surface area contributed by atoms with Crippen molar-refractivity contribution in [3.05, 3.63) is 72.8 Å². The number of rotatable bonds is 11. The van der Waals surface area contributed by atoms with E-state index in [1.807, 2.05) is 0 Å². The van der Waals surface area contributed by atoms with Crippen molar-refractivity contribution in [1.82, 2.24) is 0 Å². The van der Waals surface area contributed by atoms with Crippen LogP contribution in [0.15, 0.2) is 72.8 Å². The number of phenols is 4. The SMILES string of the molecule is Nc1ccc(-c2ccc(NC(=O)CCCCCCC(=O)Nc3ccc(-c4ccc(N)c(O)c4)cc3O)c(O)c2)cc1O. The molecule has 0 saturated heterocycles. The molecular weight excluding hydrogens is 536 g/mol. The first-order chi connectivity index (χ1) is 20.1. The Morgan fingerprint density at radius 3 is 1.17 bits per heavy atom. The number of hydrogen-bond donors (Lipinski definition) is 8. The van der Waals surface area contributed by atoms with Gasteiger partial charge in [0.05, 0.1) is 22.7 Å². The van der Waals surface area contributed by atoms with E-state index in [1.54, 1.807) is 48.5 Å². The van der Waals surface area contributed by atoms with Gasteiger partial charge in [-0.25, -0.2) is 0 Å². The molecule has 4 rings (SSSR count). The van der Waals surface area contributed by atoms with Gasteiger partial charge in [0.15, 0.2) is 0 Å². The molecule has 0 fully saturated rings. The molecule has 4 aromatic rings. The fraction of sp³-hybridized carbons (Fsp3) is 0.188. The molecule has 0 atom stereocenters. The molecular formula is C32H34N4O6. The molecule has 0 bridgehead atoms. The van der Waals surface area contributed by atoms with Crippen LogP contribution in [0.2, 0.25) is 0 Å². The highest BCUT2D eigenvalue weighted by molar-refractivity contribution is 5.93. The van der Waals surface area contributed by atoms with Crippen LogP contribution in [0, 0.1) is 0 Å². The smallest absolute Gasteiger partial charge is 0.224 e. The van der Waals surface area contributed by atoms with Gasteiger partial charge < -0.3 is 42.5 Å². The van der Waals surface area contributed by atoms with Crippen LogP contribution in [0.1, 0.15) is 38.5 Å². The maximum absolute atomic E-state index is 12.3. The van der Waals surface area contributed by atoms with Crippen LogP contribution in [0.4, 0.5) is 22.7 Å². The summed E-state index contributed by atoms with van der Waals surface area (Å²) in [6.45, 7) is 0. The largest absolute Gasteiger partial charge is 0.506 e. The molecule has 10 heteroatoms. The fourth-order valence-electron chi connectivity index (χ4n) is 4.43. The van der Waals surface area contributed by atoms with Gasteiger partial charge in [0, 0.05) is 12.8 Å². The van der Waals surface area contributed by atoms with Gasteiger partial charge in [-0.1, -0.05) is 37.1 Å². The minimum atomic E-state index is -0.228. The van der Waals surface area contributed by atoms with E-state index in [1.165, 1.54) is 24.3 Å². The van der Waals surface area contributed by atoms with Gasteiger partial charge >= 0.3 is 0 Å². The number of nitrogen functional groups attached to an aromatic ring is 2. The molecule has 10 nitrogen and oxygen atoms in total. The van der Waals surface area contributed by atoms with E-state index < -0.39 is 0 Å². The number of amides is 2. The Balaban J connectivity index is 1.16. The summed E-state index contributed by atoms with van der Waals surface area (Å²) in [7, 11) is 0. The standard InChI is InChI=1S/C32H34N4O6/c33-23-11-7-19(15-27(23)37)21-9-13-25(29(39)17-21)35-31(41)5-3-1-2-4-6-32(42)36-26-14-10-22(18-30(26)40)20-8-12-24(34)28(38)16-20/h7-18,37-40H,1-6,33-34H2,(H,35,41)(H,36,42). The van der Waals surface area contributed by atoms with E-state index in [-0.39, 0.29) is 59.0 Å². The number of carbonyl (C=O) groups excluding carboxylic acids is 2. The van der Waals surface area contributed by atoms with Crippen LogP contribution in [-0.2, 0) is 9.59 Å². The Bertz CT molecular complexity index is 1490. The fourth-order valence-corrected chi connectivity index (χ4v) is 4.43. The van der Waals surface area contributed by atoms with E-state index >= 15 is 0 Å².